The van der Waals surface area contributed by atoms with Gasteiger partial charge in [0, 0.05) is 12.1 Å². The van der Waals surface area contributed by atoms with E-state index < -0.39 is 22.5 Å². The van der Waals surface area contributed by atoms with Crippen molar-refractivity contribution in [2.24, 2.45) is 0 Å². The predicted molar refractivity (Wildman–Crippen MR) is 68.5 cm³/mol. The van der Waals surface area contributed by atoms with Crippen LogP contribution in [0.4, 0.5) is 4.39 Å². The molecule has 0 heterocycles. The molecule has 0 aliphatic heterocycles. The fourth-order valence-corrected chi connectivity index (χ4v) is 1.66. The standard InChI is InChI=1S/C11H10BrClFNO3/c1-18-11(17)7(12)5-15-10(16)6-2-3-9(14)8(13)4-6/h2-4,7H,5H2,1H3,(H,15,16). The number of esters is 1. The first-order valence-electron chi connectivity index (χ1n) is 4.91. The molecule has 1 N–H and O–H groups in total. The molecule has 7 heteroatoms. The fourth-order valence-electron chi connectivity index (χ4n) is 1.13. The fraction of sp³-hybridized carbons (Fsp3) is 0.273. The van der Waals surface area contributed by atoms with Crippen molar-refractivity contribution in [1.29, 1.82) is 0 Å². The van der Waals surface area contributed by atoms with Crippen LogP contribution in [0.15, 0.2) is 18.2 Å². The van der Waals surface area contributed by atoms with E-state index in [1.807, 2.05) is 0 Å². The van der Waals surface area contributed by atoms with Gasteiger partial charge in [-0.15, -0.1) is 0 Å². The van der Waals surface area contributed by atoms with E-state index in [4.69, 9.17) is 11.6 Å². The molecular formula is C11H10BrClFNO3. The van der Waals surface area contributed by atoms with E-state index in [0.717, 1.165) is 6.07 Å². The van der Waals surface area contributed by atoms with Crippen LogP contribution in [0.2, 0.25) is 5.02 Å². The third-order valence-electron chi connectivity index (χ3n) is 2.08. The van der Waals surface area contributed by atoms with Crippen LogP contribution in [-0.4, -0.2) is 30.4 Å². The molecule has 1 aromatic rings. The zero-order valence-electron chi connectivity index (χ0n) is 9.38. The van der Waals surface area contributed by atoms with Gasteiger partial charge in [0.1, 0.15) is 10.6 Å². The molecule has 0 aliphatic carbocycles. The monoisotopic (exact) mass is 337 g/mol. The van der Waals surface area contributed by atoms with E-state index in [2.05, 4.69) is 26.0 Å². The van der Waals surface area contributed by atoms with Gasteiger partial charge < -0.3 is 10.1 Å². The summed E-state index contributed by atoms with van der Waals surface area (Å²) >= 11 is 8.61. The van der Waals surface area contributed by atoms with Crippen molar-refractivity contribution in [2.75, 3.05) is 13.7 Å². The summed E-state index contributed by atoms with van der Waals surface area (Å²) in [6.07, 6.45) is 0. The Bertz CT molecular complexity index is 470. The number of hydrogen-bond donors (Lipinski definition) is 1. The van der Waals surface area contributed by atoms with Crippen LogP contribution in [0.25, 0.3) is 0 Å². The minimum atomic E-state index is -0.637. The number of halogens is 3. The lowest BCUT2D eigenvalue weighted by Crippen LogP contribution is -2.33. The molecule has 18 heavy (non-hydrogen) atoms. The molecule has 0 spiro atoms. The maximum Gasteiger partial charge on any atom is 0.321 e. The Balaban J connectivity index is 2.60. The Morgan fingerprint density at radius 2 is 2.22 bits per heavy atom. The number of carbonyl (C=O) groups is 2. The lowest BCUT2D eigenvalue weighted by atomic mass is 10.2. The zero-order valence-corrected chi connectivity index (χ0v) is 11.7. The summed E-state index contributed by atoms with van der Waals surface area (Å²) in [5.41, 5.74) is 0.214. The number of methoxy groups -OCH3 is 1. The second kappa shape index (κ2) is 6.70. The van der Waals surface area contributed by atoms with Crippen LogP contribution in [0.1, 0.15) is 10.4 Å². The summed E-state index contributed by atoms with van der Waals surface area (Å²) in [4.78, 5) is 22.1. The third kappa shape index (κ3) is 3.96. The highest BCUT2D eigenvalue weighted by molar-refractivity contribution is 9.10. The molecule has 4 nitrogen and oxygen atoms in total. The molecular weight excluding hydrogens is 328 g/mol. The number of amides is 1. The molecule has 1 aromatic carbocycles. The second-order valence-corrected chi connectivity index (χ2v) is 4.84. The van der Waals surface area contributed by atoms with Crippen LogP contribution in [-0.2, 0) is 9.53 Å². The average Bonchev–Trinajstić information content (AvgIpc) is 2.37. The van der Waals surface area contributed by atoms with Crippen LogP contribution < -0.4 is 5.32 Å². The molecule has 0 saturated carbocycles. The van der Waals surface area contributed by atoms with E-state index in [-0.39, 0.29) is 17.1 Å². The molecule has 0 aromatic heterocycles. The summed E-state index contributed by atoms with van der Waals surface area (Å²) < 4.78 is 17.4. The normalized spacial score (nSPS) is 11.8. The van der Waals surface area contributed by atoms with E-state index >= 15 is 0 Å². The number of ether oxygens (including phenoxy) is 1. The molecule has 1 amide bonds. The van der Waals surface area contributed by atoms with Crippen LogP contribution in [0.3, 0.4) is 0 Å². The summed E-state index contributed by atoms with van der Waals surface area (Å²) in [5, 5.41) is 2.36. The number of rotatable bonds is 4. The summed E-state index contributed by atoms with van der Waals surface area (Å²) in [6.45, 7) is 0.0561. The van der Waals surface area contributed by atoms with Gasteiger partial charge in [-0.3, -0.25) is 9.59 Å². The number of nitrogens with one attached hydrogen (secondary N) is 1. The maximum absolute atomic E-state index is 12.9. The lowest BCUT2D eigenvalue weighted by Gasteiger charge is -2.09. The van der Waals surface area contributed by atoms with Crippen molar-refractivity contribution in [3.63, 3.8) is 0 Å². The topological polar surface area (TPSA) is 55.4 Å². The zero-order chi connectivity index (χ0) is 13.7. The molecule has 0 radical (unpaired) electrons. The van der Waals surface area contributed by atoms with Crippen LogP contribution in [0.5, 0.6) is 0 Å². The summed E-state index contributed by atoms with van der Waals surface area (Å²) in [5.74, 6) is -1.54. The molecule has 1 unspecified atom stereocenters. The largest absolute Gasteiger partial charge is 0.468 e. The average molecular weight is 339 g/mol. The first-order valence-corrected chi connectivity index (χ1v) is 6.20. The molecule has 0 fully saturated rings. The number of benzene rings is 1. The Morgan fingerprint density at radius 3 is 2.78 bits per heavy atom. The van der Waals surface area contributed by atoms with Gasteiger partial charge >= 0.3 is 5.97 Å². The van der Waals surface area contributed by atoms with Gasteiger partial charge in [0.05, 0.1) is 12.1 Å². The number of hydrogen-bond acceptors (Lipinski definition) is 3. The van der Waals surface area contributed by atoms with Gasteiger partial charge in [0.2, 0.25) is 0 Å². The number of alkyl halides is 1. The van der Waals surface area contributed by atoms with E-state index in [1.54, 1.807) is 0 Å². The molecule has 0 saturated heterocycles. The lowest BCUT2D eigenvalue weighted by molar-refractivity contribution is -0.139. The Hall–Kier alpha value is -1.14. The van der Waals surface area contributed by atoms with E-state index in [1.165, 1.54) is 19.2 Å². The number of carbonyl (C=O) groups excluding carboxylic acids is 2. The Kier molecular flexibility index (Phi) is 5.55. The third-order valence-corrected chi connectivity index (χ3v) is 3.07. The Labute approximate surface area is 117 Å². The predicted octanol–water partition coefficient (Wildman–Crippen LogP) is 2.15. The smallest absolute Gasteiger partial charge is 0.321 e. The highest BCUT2D eigenvalue weighted by atomic mass is 79.9. The van der Waals surface area contributed by atoms with Gasteiger partial charge in [-0.05, 0) is 18.2 Å². The van der Waals surface area contributed by atoms with Gasteiger partial charge in [0.15, 0.2) is 0 Å². The highest BCUT2D eigenvalue weighted by Crippen LogP contribution is 2.15. The van der Waals surface area contributed by atoms with Crippen molar-refractivity contribution in [3.05, 3.63) is 34.6 Å². The van der Waals surface area contributed by atoms with Gasteiger partial charge in [-0.2, -0.15) is 0 Å². The minimum Gasteiger partial charge on any atom is -0.468 e. The second-order valence-electron chi connectivity index (χ2n) is 3.33. The quantitative estimate of drug-likeness (QED) is 0.676. The van der Waals surface area contributed by atoms with Crippen molar-refractivity contribution in [2.45, 2.75) is 4.83 Å². The SMILES string of the molecule is COC(=O)C(Br)CNC(=O)c1ccc(F)c(Cl)c1. The molecule has 1 atom stereocenters. The van der Waals surface area contributed by atoms with Gasteiger partial charge in [-0.1, -0.05) is 27.5 Å². The van der Waals surface area contributed by atoms with Crippen molar-refractivity contribution in [3.8, 4) is 0 Å². The van der Waals surface area contributed by atoms with Crippen molar-refractivity contribution < 1.29 is 18.7 Å². The van der Waals surface area contributed by atoms with E-state index in [9.17, 15) is 14.0 Å². The first-order chi connectivity index (χ1) is 8.45. The van der Waals surface area contributed by atoms with E-state index in [0.29, 0.717) is 0 Å². The minimum absolute atomic E-state index is 0.0561. The van der Waals surface area contributed by atoms with Crippen LogP contribution in [0, 0.1) is 5.82 Å². The summed E-state index contributed by atoms with van der Waals surface area (Å²) in [6, 6.07) is 3.62. The molecule has 98 valence electrons. The molecule has 1 rings (SSSR count). The maximum atomic E-state index is 12.9. The van der Waals surface area contributed by atoms with Gasteiger partial charge in [-0.25, -0.2) is 4.39 Å². The highest BCUT2D eigenvalue weighted by Gasteiger charge is 2.17. The Morgan fingerprint density at radius 1 is 1.56 bits per heavy atom. The van der Waals surface area contributed by atoms with Gasteiger partial charge in [0.25, 0.3) is 5.91 Å². The van der Waals surface area contributed by atoms with Crippen LogP contribution >= 0.6 is 27.5 Å². The molecule has 0 aliphatic rings. The summed E-state index contributed by atoms with van der Waals surface area (Å²) in [7, 11) is 1.25. The first kappa shape index (κ1) is 14.9. The molecule has 0 bridgehead atoms. The van der Waals surface area contributed by atoms with Crippen molar-refractivity contribution >= 4 is 39.4 Å². The van der Waals surface area contributed by atoms with Crippen molar-refractivity contribution in [1.82, 2.24) is 5.32 Å².